The summed E-state index contributed by atoms with van der Waals surface area (Å²) in [6.45, 7) is 1.88. The average Bonchev–Trinajstić information content (AvgIpc) is 3.23. The molecule has 0 bridgehead atoms. The van der Waals surface area contributed by atoms with Crippen LogP contribution >= 0.6 is 0 Å². The van der Waals surface area contributed by atoms with Crippen molar-refractivity contribution in [1.29, 1.82) is 0 Å². The lowest BCUT2D eigenvalue weighted by molar-refractivity contribution is 0.357. The highest BCUT2D eigenvalue weighted by Crippen LogP contribution is 2.29. The monoisotopic (exact) mass is 458 g/mol. The molecule has 0 unspecified atom stereocenters. The van der Waals surface area contributed by atoms with Gasteiger partial charge in [-0.1, -0.05) is 0 Å². The Morgan fingerprint density at radius 1 is 0.909 bits per heavy atom. The van der Waals surface area contributed by atoms with Gasteiger partial charge in [0.15, 0.2) is 17.5 Å². The van der Waals surface area contributed by atoms with Gasteiger partial charge in [0.2, 0.25) is 5.95 Å². The van der Waals surface area contributed by atoms with Gasteiger partial charge < -0.3 is 24.1 Å². The molecule has 0 fully saturated rings. The van der Waals surface area contributed by atoms with Crippen molar-refractivity contribution >= 4 is 11.6 Å². The molecule has 4 rings (SSSR count). The van der Waals surface area contributed by atoms with E-state index in [2.05, 4.69) is 25.3 Å². The minimum Gasteiger partial charge on any atom is -0.494 e. The van der Waals surface area contributed by atoms with Gasteiger partial charge in [-0.2, -0.15) is 9.97 Å². The van der Waals surface area contributed by atoms with Gasteiger partial charge in [0.1, 0.15) is 11.5 Å². The normalized spacial score (nSPS) is 10.7. The third-order valence-electron chi connectivity index (χ3n) is 4.37. The smallest absolute Gasteiger partial charge is 0.330 e. The maximum atomic E-state index is 13.5. The van der Waals surface area contributed by atoms with Gasteiger partial charge in [-0.05, 0) is 19.1 Å². The number of aryl methyl sites for hydroxylation is 1. The fraction of sp³-hybridized carbons (Fsp3) is 0.143. The molecule has 0 aliphatic heterocycles. The van der Waals surface area contributed by atoms with Crippen molar-refractivity contribution in [2.75, 3.05) is 19.5 Å². The maximum Gasteiger partial charge on any atom is 0.330 e. The molecule has 4 aromatic rings. The summed E-state index contributed by atoms with van der Waals surface area (Å²) in [6.07, 6.45) is 3.52. The fourth-order valence-corrected chi connectivity index (χ4v) is 2.88. The molecule has 2 aromatic carbocycles. The number of hydrogen-bond donors (Lipinski definition) is 1. The van der Waals surface area contributed by atoms with Gasteiger partial charge in [0.05, 0.1) is 31.9 Å². The zero-order chi connectivity index (χ0) is 23.5. The van der Waals surface area contributed by atoms with Crippen LogP contribution in [-0.4, -0.2) is 38.7 Å². The van der Waals surface area contributed by atoms with Crippen LogP contribution in [0.4, 0.5) is 24.8 Å². The number of halogens is 3. The second kappa shape index (κ2) is 9.02. The van der Waals surface area contributed by atoms with E-state index in [9.17, 15) is 13.2 Å². The number of anilines is 2. The van der Waals surface area contributed by atoms with Crippen LogP contribution in [0, 0.1) is 24.4 Å². The van der Waals surface area contributed by atoms with Crippen molar-refractivity contribution in [3.63, 3.8) is 0 Å². The number of nitrogens with one attached hydrogen (secondary N) is 1. The highest BCUT2D eigenvalue weighted by molar-refractivity contribution is 5.62. The van der Waals surface area contributed by atoms with E-state index in [1.165, 1.54) is 14.2 Å². The Balaban J connectivity index is 1.62. The predicted octanol–water partition coefficient (Wildman–Crippen LogP) is 4.34. The largest absolute Gasteiger partial charge is 0.494 e. The summed E-state index contributed by atoms with van der Waals surface area (Å²) in [7, 11) is 2.86. The number of nitrogens with zero attached hydrogens (tertiary/aromatic N) is 5. The maximum absolute atomic E-state index is 13.5. The third kappa shape index (κ3) is 4.79. The van der Waals surface area contributed by atoms with Crippen LogP contribution in [0.3, 0.4) is 0 Å². The number of ether oxygens (including phenoxy) is 3. The summed E-state index contributed by atoms with van der Waals surface area (Å²) in [6, 6.07) is 6.17. The lowest BCUT2D eigenvalue weighted by Gasteiger charge is -2.13. The molecular formula is C21H17F3N6O3. The lowest BCUT2D eigenvalue weighted by atomic mass is 10.2. The topological polar surface area (TPSA) is 96.2 Å². The van der Waals surface area contributed by atoms with Crippen LogP contribution in [0.1, 0.15) is 5.69 Å². The minimum atomic E-state index is -1.61. The first-order chi connectivity index (χ1) is 15.9. The third-order valence-corrected chi connectivity index (χ3v) is 4.37. The molecule has 0 saturated carbocycles. The summed E-state index contributed by atoms with van der Waals surface area (Å²) in [5.41, 5.74) is 2.18. The number of methoxy groups -OCH3 is 2. The summed E-state index contributed by atoms with van der Waals surface area (Å²) < 4.78 is 57.7. The van der Waals surface area contributed by atoms with Crippen molar-refractivity contribution in [2.24, 2.45) is 0 Å². The van der Waals surface area contributed by atoms with Gasteiger partial charge in [0, 0.05) is 30.1 Å². The Bertz CT molecular complexity index is 1290. The Morgan fingerprint density at radius 2 is 1.64 bits per heavy atom. The van der Waals surface area contributed by atoms with Crippen molar-refractivity contribution < 1.29 is 27.4 Å². The van der Waals surface area contributed by atoms with E-state index in [1.54, 1.807) is 18.5 Å². The first-order valence-corrected chi connectivity index (χ1v) is 9.44. The number of benzene rings is 2. The van der Waals surface area contributed by atoms with Crippen LogP contribution < -0.4 is 19.5 Å². The highest BCUT2D eigenvalue weighted by atomic mass is 19.2. The Hall–Kier alpha value is -4.35. The molecule has 0 atom stereocenters. The van der Waals surface area contributed by atoms with Crippen LogP contribution in [0.5, 0.6) is 23.5 Å². The molecule has 0 radical (unpaired) electrons. The van der Waals surface area contributed by atoms with Gasteiger partial charge in [0.25, 0.3) is 0 Å². The number of hydrogen-bond acceptors (Lipinski definition) is 8. The number of rotatable bonds is 7. The van der Waals surface area contributed by atoms with Crippen LogP contribution in [0.2, 0.25) is 0 Å². The summed E-state index contributed by atoms with van der Waals surface area (Å²) >= 11 is 0. The Kier molecular flexibility index (Phi) is 5.98. The van der Waals surface area contributed by atoms with Crippen LogP contribution in [-0.2, 0) is 0 Å². The molecule has 2 heterocycles. The standard InChI is InChI=1S/C21H17F3N6O3/c1-11-9-30(10-25-11)16-5-4-12(6-17(16)31-2)26-19-27-20(32-3)29-21(28-19)33-13-7-14(22)18(24)15(23)8-13/h4-10H,1-3H3,(H,26,27,28,29). The zero-order valence-electron chi connectivity index (χ0n) is 17.6. The van der Waals surface area contributed by atoms with Crippen LogP contribution in [0.15, 0.2) is 42.9 Å². The molecular weight excluding hydrogens is 441 g/mol. The fourth-order valence-electron chi connectivity index (χ4n) is 2.88. The van der Waals surface area contributed by atoms with Crippen molar-refractivity contribution in [1.82, 2.24) is 24.5 Å². The Morgan fingerprint density at radius 3 is 2.27 bits per heavy atom. The summed E-state index contributed by atoms with van der Waals surface area (Å²) in [5.74, 6) is -4.21. The van der Waals surface area contributed by atoms with Crippen LogP contribution in [0.25, 0.3) is 5.69 Å². The van der Waals surface area contributed by atoms with Crippen molar-refractivity contribution in [3.8, 4) is 29.2 Å². The van der Waals surface area contributed by atoms with Gasteiger partial charge in [-0.15, -0.1) is 4.98 Å². The van der Waals surface area contributed by atoms with Crippen molar-refractivity contribution in [3.05, 3.63) is 66.0 Å². The zero-order valence-corrected chi connectivity index (χ0v) is 17.6. The SMILES string of the molecule is COc1nc(Nc2ccc(-n3cnc(C)c3)c(OC)c2)nc(Oc2cc(F)c(F)c(F)c2)n1. The molecule has 170 valence electrons. The molecule has 0 spiro atoms. The summed E-state index contributed by atoms with van der Waals surface area (Å²) in [5, 5.41) is 2.96. The molecule has 1 N–H and O–H groups in total. The molecule has 12 heteroatoms. The summed E-state index contributed by atoms with van der Waals surface area (Å²) in [4.78, 5) is 16.2. The predicted molar refractivity (Wildman–Crippen MR) is 111 cm³/mol. The molecule has 9 nitrogen and oxygen atoms in total. The highest BCUT2D eigenvalue weighted by Gasteiger charge is 2.15. The first kappa shape index (κ1) is 21.9. The second-order valence-electron chi connectivity index (χ2n) is 6.67. The molecule has 0 aliphatic carbocycles. The van der Waals surface area contributed by atoms with E-state index in [4.69, 9.17) is 14.2 Å². The Labute approximate surface area is 185 Å². The minimum absolute atomic E-state index is 0.0215. The molecule has 0 amide bonds. The molecule has 33 heavy (non-hydrogen) atoms. The molecule has 2 aromatic heterocycles. The van der Waals surface area contributed by atoms with E-state index < -0.39 is 17.5 Å². The second-order valence-corrected chi connectivity index (χ2v) is 6.67. The van der Waals surface area contributed by atoms with E-state index in [-0.39, 0.29) is 23.7 Å². The number of aromatic nitrogens is 5. The molecule has 0 aliphatic rings. The van der Waals surface area contributed by atoms with Gasteiger partial charge in [-0.3, -0.25) is 0 Å². The van der Waals surface area contributed by atoms with E-state index in [1.807, 2.05) is 23.8 Å². The van der Waals surface area contributed by atoms with E-state index >= 15 is 0 Å². The van der Waals surface area contributed by atoms with Gasteiger partial charge in [-0.25, -0.2) is 18.2 Å². The quantitative estimate of drug-likeness (QED) is 0.409. The number of imidazole rings is 1. The van der Waals surface area contributed by atoms with E-state index in [0.717, 1.165) is 11.4 Å². The van der Waals surface area contributed by atoms with E-state index in [0.29, 0.717) is 23.6 Å². The van der Waals surface area contributed by atoms with Crippen molar-refractivity contribution in [2.45, 2.75) is 6.92 Å². The van der Waals surface area contributed by atoms with Gasteiger partial charge >= 0.3 is 12.0 Å². The first-order valence-electron chi connectivity index (χ1n) is 9.44. The molecule has 0 saturated heterocycles. The average molecular weight is 458 g/mol. The lowest BCUT2D eigenvalue weighted by Crippen LogP contribution is -2.05.